The highest BCUT2D eigenvalue weighted by Crippen LogP contribution is 2.23. The van der Waals surface area contributed by atoms with Gasteiger partial charge in [0.25, 0.3) is 0 Å². The normalized spacial score (nSPS) is 15.3. The highest BCUT2D eigenvalue weighted by atomic mass is 16.5. The molecule has 3 N–H and O–H groups in total. The summed E-state index contributed by atoms with van der Waals surface area (Å²) in [5, 5.41) is 1.13. The van der Waals surface area contributed by atoms with E-state index in [0.29, 0.717) is 5.82 Å². The lowest BCUT2D eigenvalue weighted by molar-refractivity contribution is 0.249. The van der Waals surface area contributed by atoms with E-state index in [1.807, 2.05) is 30.3 Å². The van der Waals surface area contributed by atoms with Crippen molar-refractivity contribution >= 4 is 33.7 Å². The zero-order chi connectivity index (χ0) is 19.8. The number of nitrogen functional groups attached to an aromatic ring is 1. The minimum atomic E-state index is 0.561. The number of benzene rings is 2. The third-order valence-electron chi connectivity index (χ3n) is 5.53. The van der Waals surface area contributed by atoms with Gasteiger partial charge in [-0.3, -0.25) is 4.90 Å². The van der Waals surface area contributed by atoms with Crippen LogP contribution in [0.1, 0.15) is 5.56 Å². The fraction of sp³-hybridized carbons (Fsp3) is 0.273. The fourth-order valence-corrected chi connectivity index (χ4v) is 3.92. The topological polar surface area (TPSA) is 83.3 Å². The Morgan fingerprint density at radius 1 is 0.966 bits per heavy atom. The molecule has 148 valence electrons. The molecule has 3 heterocycles. The average molecular weight is 388 g/mol. The molecule has 1 saturated heterocycles. The first-order valence-electron chi connectivity index (χ1n) is 9.84. The lowest BCUT2D eigenvalue weighted by Gasteiger charge is -2.34. The number of H-pyrrole nitrogens is 1. The monoisotopic (exact) mass is 388 g/mol. The van der Waals surface area contributed by atoms with E-state index in [0.717, 1.165) is 66.4 Å². The zero-order valence-electron chi connectivity index (χ0n) is 16.4. The summed E-state index contributed by atoms with van der Waals surface area (Å²) in [6, 6.07) is 16.2. The van der Waals surface area contributed by atoms with Gasteiger partial charge in [-0.1, -0.05) is 6.07 Å². The number of aromatic amines is 1. The van der Waals surface area contributed by atoms with Crippen LogP contribution >= 0.6 is 0 Å². The molecule has 7 heteroatoms. The molecule has 0 aliphatic carbocycles. The van der Waals surface area contributed by atoms with Crippen LogP contribution < -0.4 is 15.4 Å². The number of piperazine rings is 1. The molecule has 2 aromatic carbocycles. The maximum Gasteiger partial charge on any atom is 0.203 e. The number of anilines is 2. The largest absolute Gasteiger partial charge is 0.497 e. The molecule has 0 spiro atoms. The molecule has 29 heavy (non-hydrogen) atoms. The van der Waals surface area contributed by atoms with Gasteiger partial charge in [-0.2, -0.15) is 0 Å². The number of imidazole rings is 1. The molecule has 1 fully saturated rings. The molecule has 2 aromatic heterocycles. The summed E-state index contributed by atoms with van der Waals surface area (Å²) in [5.74, 6) is 2.33. The minimum absolute atomic E-state index is 0.561. The van der Waals surface area contributed by atoms with Gasteiger partial charge < -0.3 is 20.4 Å². The standard InChI is InChI=1S/C22H24N6O/c1-29-17-4-6-19-20(13-17)26-22(25-19)28-10-8-27(9-11-28)14-15-2-5-18-16(12-15)3-7-21(23)24-18/h2-7,12-13H,8-11,14H2,1H3,(H2,23,24)(H,25,26). The van der Waals surface area contributed by atoms with E-state index in [9.17, 15) is 0 Å². The first-order chi connectivity index (χ1) is 14.2. The lowest BCUT2D eigenvalue weighted by Crippen LogP contribution is -2.46. The van der Waals surface area contributed by atoms with Gasteiger partial charge in [0.05, 0.1) is 23.7 Å². The summed E-state index contributed by atoms with van der Waals surface area (Å²) in [4.78, 5) is 17.3. The van der Waals surface area contributed by atoms with Gasteiger partial charge in [0.2, 0.25) is 5.95 Å². The molecule has 0 radical (unpaired) electrons. The molecule has 0 unspecified atom stereocenters. The Bertz CT molecular complexity index is 1160. The Hall–Kier alpha value is -3.32. The van der Waals surface area contributed by atoms with Gasteiger partial charge in [-0.25, -0.2) is 9.97 Å². The van der Waals surface area contributed by atoms with Crippen LogP contribution in [0.15, 0.2) is 48.5 Å². The van der Waals surface area contributed by atoms with Crippen molar-refractivity contribution in [3.05, 3.63) is 54.1 Å². The van der Waals surface area contributed by atoms with Crippen molar-refractivity contribution in [3.8, 4) is 5.75 Å². The second-order valence-electron chi connectivity index (χ2n) is 7.47. The number of methoxy groups -OCH3 is 1. The van der Waals surface area contributed by atoms with Crippen molar-refractivity contribution in [2.75, 3.05) is 43.9 Å². The number of nitrogens with two attached hydrogens (primary N) is 1. The van der Waals surface area contributed by atoms with Crippen molar-refractivity contribution in [3.63, 3.8) is 0 Å². The number of hydrogen-bond acceptors (Lipinski definition) is 6. The first-order valence-corrected chi connectivity index (χ1v) is 9.84. The van der Waals surface area contributed by atoms with Gasteiger partial charge in [0.15, 0.2) is 0 Å². The quantitative estimate of drug-likeness (QED) is 0.559. The highest BCUT2D eigenvalue weighted by molar-refractivity contribution is 5.81. The van der Waals surface area contributed by atoms with E-state index in [1.54, 1.807) is 7.11 Å². The molecule has 0 saturated carbocycles. The van der Waals surface area contributed by atoms with Gasteiger partial charge >= 0.3 is 0 Å². The summed E-state index contributed by atoms with van der Waals surface area (Å²) in [7, 11) is 1.68. The smallest absolute Gasteiger partial charge is 0.203 e. The first kappa shape index (κ1) is 17.8. The molecule has 1 aliphatic rings. The zero-order valence-corrected chi connectivity index (χ0v) is 16.4. The number of ether oxygens (including phenoxy) is 1. The Labute approximate surface area is 169 Å². The Morgan fingerprint density at radius 3 is 2.62 bits per heavy atom. The van der Waals surface area contributed by atoms with E-state index < -0.39 is 0 Å². The number of fused-ring (bicyclic) bond motifs is 2. The van der Waals surface area contributed by atoms with E-state index in [2.05, 4.69) is 38.0 Å². The number of aromatic nitrogens is 3. The van der Waals surface area contributed by atoms with Crippen LogP contribution in [0.25, 0.3) is 21.9 Å². The molecule has 7 nitrogen and oxygen atoms in total. The third-order valence-corrected chi connectivity index (χ3v) is 5.53. The summed E-state index contributed by atoms with van der Waals surface area (Å²) in [5.41, 5.74) is 9.99. The van der Waals surface area contributed by atoms with Gasteiger partial charge in [0, 0.05) is 44.2 Å². The van der Waals surface area contributed by atoms with Gasteiger partial charge in [-0.05, 0) is 42.0 Å². The van der Waals surface area contributed by atoms with Crippen LogP contribution in [0.4, 0.5) is 11.8 Å². The maximum absolute atomic E-state index is 5.77. The van der Waals surface area contributed by atoms with Crippen molar-refractivity contribution in [2.45, 2.75) is 6.54 Å². The van der Waals surface area contributed by atoms with Crippen molar-refractivity contribution < 1.29 is 4.74 Å². The van der Waals surface area contributed by atoms with Crippen LogP contribution in [0.5, 0.6) is 5.75 Å². The number of rotatable bonds is 4. The van der Waals surface area contributed by atoms with Crippen LogP contribution in [0.2, 0.25) is 0 Å². The number of nitrogens with one attached hydrogen (secondary N) is 1. The Morgan fingerprint density at radius 2 is 1.79 bits per heavy atom. The van der Waals surface area contributed by atoms with Crippen molar-refractivity contribution in [1.29, 1.82) is 0 Å². The Balaban J connectivity index is 1.25. The van der Waals surface area contributed by atoms with Crippen molar-refractivity contribution in [2.24, 2.45) is 0 Å². The van der Waals surface area contributed by atoms with Crippen LogP contribution in [0, 0.1) is 0 Å². The minimum Gasteiger partial charge on any atom is -0.497 e. The number of pyridine rings is 1. The molecule has 5 rings (SSSR count). The highest BCUT2D eigenvalue weighted by Gasteiger charge is 2.20. The fourth-order valence-electron chi connectivity index (χ4n) is 3.92. The van der Waals surface area contributed by atoms with E-state index in [4.69, 9.17) is 15.5 Å². The lowest BCUT2D eigenvalue weighted by atomic mass is 10.1. The second-order valence-corrected chi connectivity index (χ2v) is 7.47. The van der Waals surface area contributed by atoms with Crippen LogP contribution in [-0.2, 0) is 6.54 Å². The molecule has 0 amide bonds. The van der Waals surface area contributed by atoms with Crippen molar-refractivity contribution in [1.82, 2.24) is 19.9 Å². The third kappa shape index (κ3) is 3.56. The van der Waals surface area contributed by atoms with Crippen LogP contribution in [0.3, 0.4) is 0 Å². The van der Waals surface area contributed by atoms with Gasteiger partial charge in [0.1, 0.15) is 11.6 Å². The maximum atomic E-state index is 5.77. The molecular formula is C22H24N6O. The molecule has 1 aliphatic heterocycles. The second kappa shape index (κ2) is 7.25. The predicted molar refractivity (Wildman–Crippen MR) is 116 cm³/mol. The molecule has 0 bridgehead atoms. The molecule has 4 aromatic rings. The molecular weight excluding hydrogens is 364 g/mol. The van der Waals surface area contributed by atoms with Gasteiger partial charge in [-0.15, -0.1) is 0 Å². The SMILES string of the molecule is COc1ccc2nc(N3CCN(Cc4ccc5nc(N)ccc5c4)CC3)[nH]c2c1. The van der Waals surface area contributed by atoms with E-state index in [1.165, 1.54) is 5.56 Å². The summed E-state index contributed by atoms with van der Waals surface area (Å²) in [6.07, 6.45) is 0. The molecule has 0 atom stereocenters. The number of nitrogens with zero attached hydrogens (tertiary/aromatic N) is 4. The number of hydrogen-bond donors (Lipinski definition) is 2. The Kier molecular flexibility index (Phi) is 4.44. The summed E-state index contributed by atoms with van der Waals surface area (Å²) >= 11 is 0. The predicted octanol–water partition coefficient (Wildman–Crippen LogP) is 3.02. The van der Waals surface area contributed by atoms with E-state index in [-0.39, 0.29) is 0 Å². The van der Waals surface area contributed by atoms with Crippen LogP contribution in [-0.4, -0.2) is 53.1 Å². The summed E-state index contributed by atoms with van der Waals surface area (Å²) in [6.45, 7) is 4.83. The summed E-state index contributed by atoms with van der Waals surface area (Å²) < 4.78 is 5.30. The average Bonchev–Trinajstić information content (AvgIpc) is 3.17. The van der Waals surface area contributed by atoms with E-state index >= 15 is 0 Å².